The normalized spacial score (nSPS) is 15.4. The minimum atomic E-state index is -4.85. The second-order valence-electron chi connectivity index (χ2n) is 5.29. The Morgan fingerprint density at radius 1 is 1.23 bits per heavy atom. The van der Waals surface area contributed by atoms with E-state index in [9.17, 15) is 18.0 Å². The van der Waals surface area contributed by atoms with Gasteiger partial charge >= 0.3 is 6.18 Å². The molecule has 2 nitrogen and oxygen atoms in total. The molecule has 1 aromatic carbocycles. The molecule has 0 amide bonds. The maximum Gasteiger partial charge on any atom is 0.454 e. The highest BCUT2D eigenvalue weighted by Crippen LogP contribution is 2.32. The van der Waals surface area contributed by atoms with Crippen molar-refractivity contribution in [3.05, 3.63) is 53.3 Å². The van der Waals surface area contributed by atoms with Gasteiger partial charge in [0.2, 0.25) is 0 Å². The number of Topliss-reactive ketones (excluding diaryl/α,β-unsaturated/α-hetero) is 1. The van der Waals surface area contributed by atoms with Crippen LogP contribution in [0.3, 0.4) is 0 Å². The van der Waals surface area contributed by atoms with Crippen LogP contribution in [0.4, 0.5) is 18.9 Å². The van der Waals surface area contributed by atoms with Gasteiger partial charge in [0.05, 0.1) is 0 Å². The Morgan fingerprint density at radius 2 is 1.86 bits per heavy atom. The molecule has 5 heteroatoms. The van der Waals surface area contributed by atoms with Gasteiger partial charge in [0.25, 0.3) is 5.78 Å². The monoisotopic (exact) mass is 309 g/mol. The van der Waals surface area contributed by atoms with E-state index in [0.717, 1.165) is 11.3 Å². The van der Waals surface area contributed by atoms with Crippen molar-refractivity contribution >= 4 is 11.5 Å². The highest BCUT2D eigenvalue weighted by atomic mass is 19.4. The number of ketones is 1. The third kappa shape index (κ3) is 3.40. The molecule has 0 saturated carbocycles. The van der Waals surface area contributed by atoms with Crippen molar-refractivity contribution in [3.8, 4) is 0 Å². The van der Waals surface area contributed by atoms with E-state index in [0.29, 0.717) is 25.1 Å². The van der Waals surface area contributed by atoms with Crippen LogP contribution >= 0.6 is 0 Å². The molecule has 22 heavy (non-hydrogen) atoms. The minimum absolute atomic E-state index is 0.249. The van der Waals surface area contributed by atoms with Crippen molar-refractivity contribution in [1.29, 1.82) is 0 Å². The molecule has 0 saturated heterocycles. The van der Waals surface area contributed by atoms with Crippen LogP contribution in [-0.4, -0.2) is 18.5 Å². The van der Waals surface area contributed by atoms with Crippen LogP contribution in [0.15, 0.2) is 47.7 Å². The fraction of sp³-hybridized carbons (Fsp3) is 0.353. The van der Waals surface area contributed by atoms with Gasteiger partial charge in [-0.1, -0.05) is 43.2 Å². The average Bonchev–Trinajstić information content (AvgIpc) is 2.47. The molecular weight excluding hydrogens is 291 g/mol. The standard InChI is InChI=1S/C17H18F3NO/c1-3-5-15-14(16(22)17(18,19)20)6-4-11-21(15)13-9-7-12(2)8-10-13/h4,6-10H,3,5,11H2,1-2H3. The van der Waals surface area contributed by atoms with Crippen LogP contribution in [0.2, 0.25) is 0 Å². The first-order valence-corrected chi connectivity index (χ1v) is 7.20. The van der Waals surface area contributed by atoms with Crippen LogP contribution in [0, 0.1) is 6.92 Å². The summed E-state index contributed by atoms with van der Waals surface area (Å²) in [5.74, 6) is -1.77. The van der Waals surface area contributed by atoms with E-state index in [4.69, 9.17) is 0 Å². The Kier molecular flexibility index (Phi) is 4.74. The van der Waals surface area contributed by atoms with Gasteiger partial charge in [-0.05, 0) is 25.5 Å². The van der Waals surface area contributed by atoms with Crippen LogP contribution in [0.25, 0.3) is 0 Å². The van der Waals surface area contributed by atoms with Crippen LogP contribution < -0.4 is 4.90 Å². The molecule has 2 rings (SSSR count). The van der Waals surface area contributed by atoms with Crippen molar-refractivity contribution in [2.45, 2.75) is 32.9 Å². The second kappa shape index (κ2) is 6.38. The number of alkyl halides is 3. The molecule has 0 spiro atoms. The summed E-state index contributed by atoms with van der Waals surface area (Å²) in [5.41, 5.74) is 2.06. The first-order valence-electron chi connectivity index (χ1n) is 7.20. The van der Waals surface area contributed by atoms with Gasteiger partial charge in [-0.2, -0.15) is 13.2 Å². The summed E-state index contributed by atoms with van der Waals surface area (Å²) in [6.07, 6.45) is -0.867. The highest BCUT2D eigenvalue weighted by molar-refractivity contribution is 6.03. The summed E-state index contributed by atoms with van der Waals surface area (Å²) in [6, 6.07) is 7.53. The Balaban J connectivity index is 2.47. The molecule has 0 aromatic heterocycles. The number of anilines is 1. The Morgan fingerprint density at radius 3 is 2.41 bits per heavy atom. The lowest BCUT2D eigenvalue weighted by molar-refractivity contribution is -0.166. The fourth-order valence-corrected chi connectivity index (χ4v) is 2.48. The molecule has 1 aliphatic heterocycles. The third-order valence-electron chi connectivity index (χ3n) is 3.54. The van der Waals surface area contributed by atoms with Gasteiger partial charge < -0.3 is 4.90 Å². The molecule has 118 valence electrons. The Labute approximate surface area is 127 Å². The number of carbonyl (C=O) groups excluding carboxylic acids is 1. The summed E-state index contributed by atoms with van der Waals surface area (Å²) in [7, 11) is 0. The van der Waals surface area contributed by atoms with Crippen LogP contribution in [0.5, 0.6) is 0 Å². The number of halogens is 3. The van der Waals surface area contributed by atoms with Crippen LogP contribution in [-0.2, 0) is 4.79 Å². The van der Waals surface area contributed by atoms with Gasteiger partial charge in [0, 0.05) is 23.5 Å². The second-order valence-corrected chi connectivity index (χ2v) is 5.29. The van der Waals surface area contributed by atoms with Gasteiger partial charge in [-0.3, -0.25) is 4.79 Å². The molecule has 0 unspecified atom stereocenters. The zero-order valence-corrected chi connectivity index (χ0v) is 12.6. The predicted molar refractivity (Wildman–Crippen MR) is 80.7 cm³/mol. The van der Waals surface area contributed by atoms with Gasteiger partial charge in [-0.25, -0.2) is 0 Å². The van der Waals surface area contributed by atoms with Crippen molar-refractivity contribution in [3.63, 3.8) is 0 Å². The summed E-state index contributed by atoms with van der Waals surface area (Å²) in [4.78, 5) is 13.5. The smallest absolute Gasteiger partial charge is 0.341 e. The van der Waals surface area contributed by atoms with E-state index in [1.54, 1.807) is 11.0 Å². The molecule has 0 bridgehead atoms. The third-order valence-corrected chi connectivity index (χ3v) is 3.54. The van der Waals surface area contributed by atoms with Crippen molar-refractivity contribution in [2.75, 3.05) is 11.4 Å². The number of aryl methyl sites for hydroxylation is 1. The maximum absolute atomic E-state index is 12.8. The zero-order chi connectivity index (χ0) is 16.3. The predicted octanol–water partition coefficient (Wildman–Crippen LogP) is 4.56. The largest absolute Gasteiger partial charge is 0.454 e. The lowest BCUT2D eigenvalue weighted by Crippen LogP contribution is -2.32. The molecule has 1 aromatic rings. The number of rotatable bonds is 4. The van der Waals surface area contributed by atoms with Crippen molar-refractivity contribution < 1.29 is 18.0 Å². The Bertz CT molecular complexity index is 612. The highest BCUT2D eigenvalue weighted by Gasteiger charge is 2.42. The minimum Gasteiger partial charge on any atom is -0.341 e. The van der Waals surface area contributed by atoms with E-state index >= 15 is 0 Å². The molecule has 1 heterocycles. The number of benzene rings is 1. The Hall–Kier alpha value is -2.04. The zero-order valence-electron chi connectivity index (χ0n) is 12.6. The van der Waals surface area contributed by atoms with Crippen molar-refractivity contribution in [2.24, 2.45) is 0 Å². The van der Waals surface area contributed by atoms with Gasteiger partial charge in [0.1, 0.15) is 0 Å². The lowest BCUT2D eigenvalue weighted by Gasteiger charge is -2.31. The lowest BCUT2D eigenvalue weighted by atomic mass is 9.99. The fourth-order valence-electron chi connectivity index (χ4n) is 2.48. The van der Waals surface area contributed by atoms with E-state index < -0.39 is 12.0 Å². The SMILES string of the molecule is CCCC1=C(C(=O)C(F)(F)F)C=CCN1c1ccc(C)cc1. The summed E-state index contributed by atoms with van der Waals surface area (Å²) in [6.45, 7) is 4.29. The first kappa shape index (κ1) is 16.3. The number of hydrogen-bond donors (Lipinski definition) is 0. The van der Waals surface area contributed by atoms with E-state index in [-0.39, 0.29) is 5.57 Å². The first-order chi connectivity index (χ1) is 10.3. The number of hydrogen-bond acceptors (Lipinski definition) is 2. The topological polar surface area (TPSA) is 20.3 Å². The average molecular weight is 309 g/mol. The molecule has 1 aliphatic rings. The van der Waals surface area contributed by atoms with Crippen LogP contribution in [0.1, 0.15) is 25.3 Å². The molecule has 0 atom stereocenters. The summed E-state index contributed by atoms with van der Waals surface area (Å²) >= 11 is 0. The number of nitrogens with zero attached hydrogens (tertiary/aromatic N) is 1. The van der Waals surface area contributed by atoms with E-state index in [1.807, 2.05) is 38.1 Å². The molecule has 0 radical (unpaired) electrons. The van der Waals surface area contributed by atoms with E-state index in [1.165, 1.54) is 6.08 Å². The van der Waals surface area contributed by atoms with Gasteiger partial charge in [0.15, 0.2) is 0 Å². The molecule has 0 aliphatic carbocycles. The molecule has 0 N–H and O–H groups in total. The van der Waals surface area contributed by atoms with Gasteiger partial charge in [-0.15, -0.1) is 0 Å². The number of carbonyl (C=O) groups is 1. The summed E-state index contributed by atoms with van der Waals surface area (Å²) < 4.78 is 38.4. The summed E-state index contributed by atoms with van der Waals surface area (Å²) in [5, 5.41) is 0. The quantitative estimate of drug-likeness (QED) is 0.813. The number of allylic oxidation sites excluding steroid dienone is 3. The maximum atomic E-state index is 12.8. The molecular formula is C17H18F3NO. The van der Waals surface area contributed by atoms with E-state index in [2.05, 4.69) is 0 Å². The molecule has 0 fully saturated rings. The van der Waals surface area contributed by atoms with Crippen molar-refractivity contribution in [1.82, 2.24) is 0 Å².